The zero-order valence-electron chi connectivity index (χ0n) is 11.5. The van der Waals surface area contributed by atoms with Crippen LogP contribution in [0.15, 0.2) is 36.4 Å². The summed E-state index contributed by atoms with van der Waals surface area (Å²) >= 11 is 0. The molecule has 3 rings (SSSR count). The average Bonchev–Trinajstić information content (AvgIpc) is 2.71. The maximum absolute atomic E-state index is 12.4. The number of aromatic hydroxyl groups is 1. The number of amides is 2. The Labute approximate surface area is 125 Å². The molecular weight excluding hydrogens is 286 g/mol. The molecular formula is C16H11NO5. The van der Waals surface area contributed by atoms with E-state index in [1.165, 1.54) is 18.2 Å². The first-order valence-electron chi connectivity index (χ1n) is 6.46. The van der Waals surface area contributed by atoms with E-state index in [-0.39, 0.29) is 22.4 Å². The standard InChI is InChI=1S/C16H11NO5/c1-8-5-6-9-11(7-8)15(20)17(14(9)19)12-4-2-3-10(13(12)18)16(21)22/h2-7,18H,1H3,(H,21,22). The van der Waals surface area contributed by atoms with Crippen molar-refractivity contribution in [3.05, 3.63) is 58.7 Å². The number of carbonyl (C=O) groups is 3. The number of benzene rings is 2. The number of fused-ring (bicyclic) bond motifs is 1. The minimum Gasteiger partial charge on any atom is -0.505 e. The summed E-state index contributed by atoms with van der Waals surface area (Å²) in [5.74, 6) is -3.12. The molecule has 0 spiro atoms. The van der Waals surface area contributed by atoms with E-state index >= 15 is 0 Å². The number of carbonyl (C=O) groups excluding carboxylic acids is 2. The quantitative estimate of drug-likeness (QED) is 0.829. The first-order valence-corrected chi connectivity index (χ1v) is 6.46. The Kier molecular flexibility index (Phi) is 2.95. The van der Waals surface area contributed by atoms with Crippen LogP contribution in [0.5, 0.6) is 5.75 Å². The van der Waals surface area contributed by atoms with E-state index in [1.807, 2.05) is 0 Å². The van der Waals surface area contributed by atoms with E-state index in [9.17, 15) is 19.5 Å². The summed E-state index contributed by atoms with van der Waals surface area (Å²) in [7, 11) is 0. The summed E-state index contributed by atoms with van der Waals surface area (Å²) in [6.07, 6.45) is 0. The van der Waals surface area contributed by atoms with Crippen LogP contribution < -0.4 is 4.90 Å². The van der Waals surface area contributed by atoms with Gasteiger partial charge in [0.25, 0.3) is 11.8 Å². The Balaban J connectivity index is 2.16. The van der Waals surface area contributed by atoms with Gasteiger partial charge in [-0.1, -0.05) is 17.7 Å². The van der Waals surface area contributed by atoms with Crippen molar-refractivity contribution in [2.75, 3.05) is 4.90 Å². The molecule has 2 amide bonds. The molecule has 0 aromatic heterocycles. The van der Waals surface area contributed by atoms with Crippen molar-refractivity contribution in [2.45, 2.75) is 6.92 Å². The number of carboxylic acids is 1. The Hall–Kier alpha value is -3.15. The average molecular weight is 297 g/mol. The largest absolute Gasteiger partial charge is 0.505 e. The monoisotopic (exact) mass is 297 g/mol. The third-order valence-electron chi connectivity index (χ3n) is 3.53. The van der Waals surface area contributed by atoms with Crippen LogP contribution in [-0.4, -0.2) is 28.0 Å². The third kappa shape index (κ3) is 1.85. The molecule has 0 aliphatic carbocycles. The molecule has 1 aliphatic rings. The molecule has 6 heteroatoms. The third-order valence-corrected chi connectivity index (χ3v) is 3.53. The zero-order valence-corrected chi connectivity index (χ0v) is 11.5. The SMILES string of the molecule is Cc1ccc2c(c1)C(=O)N(c1cccc(C(=O)O)c1O)C2=O. The van der Waals surface area contributed by atoms with Crippen LogP contribution in [0.3, 0.4) is 0 Å². The fourth-order valence-electron chi connectivity index (χ4n) is 2.46. The van der Waals surface area contributed by atoms with E-state index in [1.54, 1.807) is 25.1 Å². The minimum atomic E-state index is -1.34. The molecule has 0 radical (unpaired) electrons. The molecule has 0 fully saturated rings. The predicted molar refractivity (Wildman–Crippen MR) is 77.4 cm³/mol. The van der Waals surface area contributed by atoms with Crippen LogP contribution in [0.1, 0.15) is 36.6 Å². The van der Waals surface area contributed by atoms with Gasteiger partial charge in [-0.3, -0.25) is 9.59 Å². The van der Waals surface area contributed by atoms with E-state index < -0.39 is 23.5 Å². The second-order valence-corrected chi connectivity index (χ2v) is 4.97. The molecule has 1 heterocycles. The molecule has 0 saturated carbocycles. The zero-order chi connectivity index (χ0) is 16.0. The molecule has 0 unspecified atom stereocenters. The van der Waals surface area contributed by atoms with Gasteiger partial charge in [0, 0.05) is 0 Å². The number of aromatic carboxylic acids is 1. The van der Waals surface area contributed by atoms with Gasteiger partial charge in [-0.2, -0.15) is 0 Å². The van der Waals surface area contributed by atoms with Crippen LogP contribution in [0.2, 0.25) is 0 Å². The number of hydrogen-bond acceptors (Lipinski definition) is 4. The molecule has 2 aromatic rings. The normalized spacial score (nSPS) is 13.4. The van der Waals surface area contributed by atoms with Crippen molar-refractivity contribution in [1.82, 2.24) is 0 Å². The number of imide groups is 1. The second-order valence-electron chi connectivity index (χ2n) is 4.97. The number of carboxylic acid groups (broad SMARTS) is 1. The fraction of sp³-hybridized carbons (Fsp3) is 0.0625. The van der Waals surface area contributed by atoms with Crippen molar-refractivity contribution in [2.24, 2.45) is 0 Å². The highest BCUT2D eigenvalue weighted by Crippen LogP contribution is 2.36. The predicted octanol–water partition coefficient (Wildman–Crippen LogP) is 2.20. The maximum atomic E-state index is 12.4. The number of aryl methyl sites for hydroxylation is 1. The molecule has 0 atom stereocenters. The summed E-state index contributed by atoms with van der Waals surface area (Å²) in [5.41, 5.74) is 0.792. The number of rotatable bonds is 2. The number of phenols is 1. The van der Waals surface area contributed by atoms with Gasteiger partial charge in [0.1, 0.15) is 5.56 Å². The van der Waals surface area contributed by atoms with Crippen molar-refractivity contribution < 1.29 is 24.6 Å². The van der Waals surface area contributed by atoms with Crippen LogP contribution in [0.25, 0.3) is 0 Å². The highest BCUT2D eigenvalue weighted by atomic mass is 16.4. The van der Waals surface area contributed by atoms with Gasteiger partial charge in [0.05, 0.1) is 16.8 Å². The van der Waals surface area contributed by atoms with Crippen LogP contribution in [-0.2, 0) is 0 Å². The fourth-order valence-corrected chi connectivity index (χ4v) is 2.46. The summed E-state index contributed by atoms with van der Waals surface area (Å²) in [4.78, 5) is 36.7. The molecule has 2 N–H and O–H groups in total. The van der Waals surface area contributed by atoms with Gasteiger partial charge in [-0.05, 0) is 31.2 Å². The molecule has 6 nitrogen and oxygen atoms in total. The lowest BCUT2D eigenvalue weighted by molar-refractivity contribution is 0.0692. The van der Waals surface area contributed by atoms with Crippen LogP contribution in [0.4, 0.5) is 5.69 Å². The molecule has 1 aliphatic heterocycles. The van der Waals surface area contributed by atoms with Crippen molar-refractivity contribution in [1.29, 1.82) is 0 Å². The Bertz CT molecular complexity index is 840. The van der Waals surface area contributed by atoms with Gasteiger partial charge >= 0.3 is 5.97 Å². The summed E-state index contributed by atoms with van der Waals surface area (Å²) in [6.45, 7) is 1.79. The van der Waals surface area contributed by atoms with E-state index in [0.29, 0.717) is 0 Å². The molecule has 2 aromatic carbocycles. The highest BCUT2D eigenvalue weighted by molar-refractivity contribution is 6.35. The number of para-hydroxylation sites is 1. The van der Waals surface area contributed by atoms with Crippen LogP contribution in [0, 0.1) is 6.92 Å². The smallest absolute Gasteiger partial charge is 0.339 e. The van der Waals surface area contributed by atoms with Gasteiger partial charge in [-0.15, -0.1) is 0 Å². The lowest BCUT2D eigenvalue weighted by atomic mass is 10.1. The van der Waals surface area contributed by atoms with Gasteiger partial charge < -0.3 is 10.2 Å². The number of anilines is 1. The Morgan fingerprint density at radius 2 is 1.73 bits per heavy atom. The second kappa shape index (κ2) is 4.70. The van der Waals surface area contributed by atoms with Crippen molar-refractivity contribution in [3.8, 4) is 5.75 Å². The number of nitrogens with zero attached hydrogens (tertiary/aromatic N) is 1. The van der Waals surface area contributed by atoms with Crippen molar-refractivity contribution >= 4 is 23.5 Å². The van der Waals surface area contributed by atoms with Gasteiger partial charge in [0.2, 0.25) is 0 Å². The lowest BCUT2D eigenvalue weighted by Crippen LogP contribution is -2.29. The Morgan fingerprint density at radius 1 is 1.05 bits per heavy atom. The molecule has 22 heavy (non-hydrogen) atoms. The summed E-state index contributed by atoms with van der Waals surface area (Å²) in [5, 5.41) is 19.1. The summed E-state index contributed by atoms with van der Waals surface area (Å²) in [6, 6.07) is 8.74. The summed E-state index contributed by atoms with van der Waals surface area (Å²) < 4.78 is 0. The molecule has 0 bridgehead atoms. The maximum Gasteiger partial charge on any atom is 0.339 e. The topological polar surface area (TPSA) is 94.9 Å². The minimum absolute atomic E-state index is 0.135. The van der Waals surface area contributed by atoms with Crippen molar-refractivity contribution in [3.63, 3.8) is 0 Å². The molecule has 110 valence electrons. The van der Waals surface area contributed by atoms with Gasteiger partial charge in [-0.25, -0.2) is 9.69 Å². The van der Waals surface area contributed by atoms with Gasteiger partial charge in [0.15, 0.2) is 5.75 Å². The highest BCUT2D eigenvalue weighted by Gasteiger charge is 2.38. The van der Waals surface area contributed by atoms with E-state index in [2.05, 4.69) is 0 Å². The molecule has 0 saturated heterocycles. The first kappa shape index (κ1) is 13.8. The Morgan fingerprint density at radius 3 is 2.41 bits per heavy atom. The van der Waals surface area contributed by atoms with Crippen LogP contribution >= 0.6 is 0 Å². The lowest BCUT2D eigenvalue weighted by Gasteiger charge is -2.16. The first-order chi connectivity index (χ1) is 10.4. The number of hydrogen-bond donors (Lipinski definition) is 2. The van der Waals surface area contributed by atoms with E-state index in [0.717, 1.165) is 10.5 Å². The van der Waals surface area contributed by atoms with E-state index in [4.69, 9.17) is 5.11 Å².